The highest BCUT2D eigenvalue weighted by atomic mass is 16.6. The van der Waals surface area contributed by atoms with Gasteiger partial charge >= 0.3 is 5.97 Å². The molecule has 5 heteroatoms. The zero-order chi connectivity index (χ0) is 12.7. The number of nitriles is 1. The third-order valence-electron chi connectivity index (χ3n) is 2.04. The van der Waals surface area contributed by atoms with Gasteiger partial charge in [0.05, 0.1) is 26.7 Å². The fourth-order valence-electron chi connectivity index (χ4n) is 1.24. The molecule has 0 aliphatic rings. The molecule has 0 heterocycles. The van der Waals surface area contributed by atoms with Crippen LogP contribution >= 0.6 is 0 Å². The lowest BCUT2D eigenvalue weighted by atomic mass is 10.3. The molecular weight excluding hydrogens is 222 g/mol. The molecule has 0 spiro atoms. The van der Waals surface area contributed by atoms with Gasteiger partial charge in [0.2, 0.25) is 5.75 Å². The van der Waals surface area contributed by atoms with Crippen LogP contribution in [0.2, 0.25) is 0 Å². The number of carbonyl (C=O) groups excluding carboxylic acids is 1. The third-order valence-corrected chi connectivity index (χ3v) is 2.04. The van der Waals surface area contributed by atoms with Crippen molar-refractivity contribution < 1.29 is 19.0 Å². The number of carbonyl (C=O) groups is 1. The van der Waals surface area contributed by atoms with Crippen LogP contribution in [0.15, 0.2) is 18.2 Å². The molecule has 0 aromatic heterocycles. The summed E-state index contributed by atoms with van der Waals surface area (Å²) in [6, 6.07) is 6.93. The van der Waals surface area contributed by atoms with E-state index in [9.17, 15) is 4.79 Å². The molecule has 0 N–H and O–H groups in total. The molecule has 0 amide bonds. The number of hydrogen-bond acceptors (Lipinski definition) is 5. The smallest absolute Gasteiger partial charge is 0.312 e. The largest absolute Gasteiger partial charge is 0.493 e. The second-order valence-electron chi connectivity index (χ2n) is 3.12. The summed E-state index contributed by atoms with van der Waals surface area (Å²) in [5.41, 5.74) is 0. The van der Waals surface area contributed by atoms with Gasteiger partial charge in [-0.1, -0.05) is 6.07 Å². The van der Waals surface area contributed by atoms with E-state index in [1.807, 2.05) is 6.07 Å². The first-order chi connectivity index (χ1) is 8.22. The Balaban J connectivity index is 2.88. The molecule has 1 aromatic rings. The topological polar surface area (TPSA) is 68.6 Å². The first kappa shape index (κ1) is 12.8. The van der Waals surface area contributed by atoms with Crippen molar-refractivity contribution in [2.75, 3.05) is 14.2 Å². The summed E-state index contributed by atoms with van der Waals surface area (Å²) in [7, 11) is 2.95. The normalized spacial score (nSPS) is 9.24. The number of hydrogen-bond donors (Lipinski definition) is 0. The van der Waals surface area contributed by atoms with Crippen LogP contribution < -0.4 is 14.2 Å². The zero-order valence-electron chi connectivity index (χ0n) is 9.73. The van der Waals surface area contributed by atoms with E-state index in [-0.39, 0.29) is 18.6 Å². The van der Waals surface area contributed by atoms with Crippen molar-refractivity contribution in [3.8, 4) is 23.3 Å². The molecule has 0 aliphatic carbocycles. The van der Waals surface area contributed by atoms with Gasteiger partial charge in [-0.15, -0.1) is 0 Å². The van der Waals surface area contributed by atoms with Crippen LogP contribution in [0, 0.1) is 11.3 Å². The summed E-state index contributed by atoms with van der Waals surface area (Å²) in [5.74, 6) is 0.569. The number of rotatable bonds is 5. The Morgan fingerprint density at radius 1 is 1.29 bits per heavy atom. The van der Waals surface area contributed by atoms with E-state index < -0.39 is 5.97 Å². The summed E-state index contributed by atoms with van der Waals surface area (Å²) < 4.78 is 15.3. The number of esters is 1. The van der Waals surface area contributed by atoms with E-state index in [0.29, 0.717) is 11.5 Å². The van der Waals surface area contributed by atoms with Crippen molar-refractivity contribution in [2.24, 2.45) is 0 Å². The molecule has 0 atom stereocenters. The molecule has 90 valence electrons. The minimum Gasteiger partial charge on any atom is -0.493 e. The zero-order valence-corrected chi connectivity index (χ0v) is 9.73. The lowest BCUT2D eigenvalue weighted by molar-refractivity contribution is -0.134. The summed E-state index contributed by atoms with van der Waals surface area (Å²) in [5, 5.41) is 8.38. The van der Waals surface area contributed by atoms with Gasteiger partial charge < -0.3 is 14.2 Å². The van der Waals surface area contributed by atoms with Crippen molar-refractivity contribution in [1.29, 1.82) is 5.26 Å². The minimum absolute atomic E-state index is 0.0394. The van der Waals surface area contributed by atoms with Crippen LogP contribution in [-0.2, 0) is 4.79 Å². The Hall–Kier alpha value is -2.22. The maximum atomic E-state index is 11.4. The molecule has 0 fully saturated rings. The molecule has 0 bridgehead atoms. The Kier molecular flexibility index (Phi) is 4.82. The van der Waals surface area contributed by atoms with Gasteiger partial charge in [-0.2, -0.15) is 5.26 Å². The van der Waals surface area contributed by atoms with Crippen LogP contribution in [0.4, 0.5) is 0 Å². The van der Waals surface area contributed by atoms with E-state index in [0.717, 1.165) is 0 Å². The summed E-state index contributed by atoms with van der Waals surface area (Å²) >= 11 is 0. The Labute approximate surface area is 99.5 Å². The van der Waals surface area contributed by atoms with Gasteiger partial charge in [-0.25, -0.2) is 0 Å². The standard InChI is InChI=1S/C12H13NO4/c1-15-9-5-3-6-10(16-2)12(9)17-11(14)7-4-8-13/h3,5-6H,4,7H2,1-2H3. The lowest BCUT2D eigenvalue weighted by Gasteiger charge is -2.12. The summed E-state index contributed by atoms with van der Waals surface area (Å²) in [6.07, 6.45) is 0.161. The van der Waals surface area contributed by atoms with Crippen molar-refractivity contribution in [3.05, 3.63) is 18.2 Å². The Bertz CT molecular complexity index is 414. The van der Waals surface area contributed by atoms with Crippen LogP contribution in [0.25, 0.3) is 0 Å². The van der Waals surface area contributed by atoms with E-state index in [2.05, 4.69) is 0 Å². The summed E-state index contributed by atoms with van der Waals surface area (Å²) in [6.45, 7) is 0. The molecule has 0 aliphatic heterocycles. The fraction of sp³-hybridized carbons (Fsp3) is 0.333. The fourth-order valence-corrected chi connectivity index (χ4v) is 1.24. The van der Waals surface area contributed by atoms with E-state index >= 15 is 0 Å². The van der Waals surface area contributed by atoms with Crippen molar-refractivity contribution in [3.63, 3.8) is 0 Å². The molecular formula is C12H13NO4. The number of benzene rings is 1. The number of para-hydroxylation sites is 1. The maximum Gasteiger partial charge on any atom is 0.312 e. The van der Waals surface area contributed by atoms with Crippen LogP contribution in [-0.4, -0.2) is 20.2 Å². The van der Waals surface area contributed by atoms with Crippen LogP contribution in [0.5, 0.6) is 17.2 Å². The first-order valence-corrected chi connectivity index (χ1v) is 5.01. The Morgan fingerprint density at radius 3 is 2.35 bits per heavy atom. The molecule has 1 rings (SSSR count). The number of ether oxygens (including phenoxy) is 3. The molecule has 0 unspecified atom stereocenters. The monoisotopic (exact) mass is 235 g/mol. The van der Waals surface area contributed by atoms with E-state index in [1.165, 1.54) is 14.2 Å². The van der Waals surface area contributed by atoms with E-state index in [4.69, 9.17) is 19.5 Å². The molecule has 0 saturated carbocycles. The first-order valence-electron chi connectivity index (χ1n) is 5.01. The maximum absolute atomic E-state index is 11.4. The minimum atomic E-state index is -0.491. The third kappa shape index (κ3) is 3.38. The second kappa shape index (κ2) is 6.38. The molecule has 5 nitrogen and oxygen atoms in total. The highest BCUT2D eigenvalue weighted by molar-refractivity contribution is 5.74. The molecule has 0 saturated heterocycles. The quantitative estimate of drug-likeness (QED) is 0.576. The predicted molar refractivity (Wildman–Crippen MR) is 60.0 cm³/mol. The van der Waals surface area contributed by atoms with Gasteiger partial charge in [0.1, 0.15) is 0 Å². The van der Waals surface area contributed by atoms with Crippen LogP contribution in [0.3, 0.4) is 0 Å². The lowest BCUT2D eigenvalue weighted by Crippen LogP contribution is -2.09. The number of methoxy groups -OCH3 is 2. The summed E-state index contributed by atoms with van der Waals surface area (Å²) in [4.78, 5) is 11.4. The molecule has 17 heavy (non-hydrogen) atoms. The van der Waals surface area contributed by atoms with Gasteiger partial charge in [-0.05, 0) is 12.1 Å². The highest BCUT2D eigenvalue weighted by Gasteiger charge is 2.15. The van der Waals surface area contributed by atoms with E-state index in [1.54, 1.807) is 18.2 Å². The van der Waals surface area contributed by atoms with Crippen molar-refractivity contribution in [1.82, 2.24) is 0 Å². The van der Waals surface area contributed by atoms with Crippen LogP contribution in [0.1, 0.15) is 12.8 Å². The Morgan fingerprint density at radius 2 is 1.88 bits per heavy atom. The van der Waals surface area contributed by atoms with Crippen molar-refractivity contribution in [2.45, 2.75) is 12.8 Å². The average Bonchev–Trinajstić information content (AvgIpc) is 2.36. The highest BCUT2D eigenvalue weighted by Crippen LogP contribution is 2.36. The molecule has 0 radical (unpaired) electrons. The number of nitrogens with zero attached hydrogens (tertiary/aromatic N) is 1. The average molecular weight is 235 g/mol. The van der Waals surface area contributed by atoms with Gasteiger partial charge in [-0.3, -0.25) is 4.79 Å². The SMILES string of the molecule is COc1cccc(OC)c1OC(=O)CCC#N. The van der Waals surface area contributed by atoms with Gasteiger partial charge in [0.25, 0.3) is 0 Å². The van der Waals surface area contributed by atoms with Crippen molar-refractivity contribution >= 4 is 5.97 Å². The van der Waals surface area contributed by atoms with Gasteiger partial charge in [0.15, 0.2) is 11.5 Å². The van der Waals surface area contributed by atoms with Gasteiger partial charge in [0, 0.05) is 6.42 Å². The molecule has 1 aromatic carbocycles. The second-order valence-corrected chi connectivity index (χ2v) is 3.12. The predicted octanol–water partition coefficient (Wildman–Crippen LogP) is 1.91.